The molecule has 2 saturated heterocycles. The van der Waals surface area contributed by atoms with Crippen LogP contribution in [0.25, 0.3) is 0 Å². The Morgan fingerprint density at radius 3 is 2.46 bits per heavy atom. The molecule has 3 N–H and O–H groups in total. The van der Waals surface area contributed by atoms with Crippen LogP contribution in [0.15, 0.2) is 30.3 Å². The van der Waals surface area contributed by atoms with Crippen molar-refractivity contribution in [2.24, 2.45) is 5.41 Å². The van der Waals surface area contributed by atoms with E-state index in [0.717, 1.165) is 25.9 Å². The number of rotatable bonds is 5. The van der Waals surface area contributed by atoms with E-state index in [-0.39, 0.29) is 28.1 Å². The standard InChI is InChI=1S/C24H24Cl2F2N4O2.C5H12/c25-15-5-3-4-13(20(15)28)19-21(22(33)29-6-9-32-7-1-2-8-32)30-12-24(19)14-10-17(27)16(26)11-18(14)31-23(24)34;1-5(2,3)4/h3-5,10-11,19,21,30H,1-2,6-9,12H2,(H,29,33)(H,31,34);1-4H3/t19?,21-,24-;/m1./s1. The summed E-state index contributed by atoms with van der Waals surface area (Å²) in [5.74, 6) is -3.16. The summed E-state index contributed by atoms with van der Waals surface area (Å²) >= 11 is 12.0. The van der Waals surface area contributed by atoms with E-state index in [1.807, 2.05) is 0 Å². The van der Waals surface area contributed by atoms with Gasteiger partial charge in [0.2, 0.25) is 11.8 Å². The highest BCUT2D eigenvalue weighted by molar-refractivity contribution is 6.31. The van der Waals surface area contributed by atoms with Crippen molar-refractivity contribution in [3.05, 3.63) is 63.1 Å². The fraction of sp³-hybridized carbons (Fsp3) is 0.517. The summed E-state index contributed by atoms with van der Waals surface area (Å²) in [6, 6.07) is 6.10. The number of hydrogen-bond acceptors (Lipinski definition) is 4. The average molecular weight is 582 g/mol. The van der Waals surface area contributed by atoms with Crippen molar-refractivity contribution in [2.45, 2.75) is 57.9 Å². The molecule has 0 saturated carbocycles. The van der Waals surface area contributed by atoms with Crippen LogP contribution in [0.1, 0.15) is 57.6 Å². The minimum atomic E-state index is -1.41. The number of hydrogen-bond donors (Lipinski definition) is 3. The van der Waals surface area contributed by atoms with Crippen molar-refractivity contribution < 1.29 is 18.4 Å². The number of nitrogens with zero attached hydrogens (tertiary/aromatic N) is 1. The lowest BCUT2D eigenvalue weighted by molar-refractivity contribution is -0.123. The zero-order valence-corrected chi connectivity index (χ0v) is 24.3. The summed E-state index contributed by atoms with van der Waals surface area (Å²) in [7, 11) is 0. The van der Waals surface area contributed by atoms with E-state index < -0.39 is 34.9 Å². The minimum absolute atomic E-state index is 0.0216. The molecule has 1 unspecified atom stereocenters. The average Bonchev–Trinajstić information content (AvgIpc) is 3.56. The molecule has 0 aliphatic carbocycles. The van der Waals surface area contributed by atoms with Crippen molar-refractivity contribution in [1.82, 2.24) is 15.5 Å². The zero-order chi connectivity index (χ0) is 28.5. The smallest absolute Gasteiger partial charge is 0.237 e. The SMILES string of the molecule is CC(C)(C)C.O=C(NCCN1CCCC1)[C@@H]1NC[C@]2(C(=O)Nc3cc(Cl)c(F)cc32)C1c1cccc(Cl)c1F. The highest BCUT2D eigenvalue weighted by Gasteiger charge is 2.61. The van der Waals surface area contributed by atoms with Gasteiger partial charge in [0.25, 0.3) is 0 Å². The first-order valence-electron chi connectivity index (χ1n) is 13.3. The van der Waals surface area contributed by atoms with Gasteiger partial charge >= 0.3 is 0 Å². The Kier molecular flexibility index (Phi) is 8.91. The number of amides is 2. The molecular formula is C29H36Cl2F2N4O2. The molecule has 3 heterocycles. The van der Waals surface area contributed by atoms with Crippen LogP contribution >= 0.6 is 23.2 Å². The highest BCUT2D eigenvalue weighted by atomic mass is 35.5. The van der Waals surface area contributed by atoms with E-state index in [9.17, 15) is 14.0 Å². The highest BCUT2D eigenvalue weighted by Crippen LogP contribution is 2.53. The molecule has 1 spiro atoms. The quantitative estimate of drug-likeness (QED) is 0.438. The Morgan fingerprint density at radius 2 is 1.79 bits per heavy atom. The first-order valence-corrected chi connectivity index (χ1v) is 14.1. The summed E-state index contributed by atoms with van der Waals surface area (Å²) in [6.45, 7) is 11.9. The molecule has 2 aromatic rings. The lowest BCUT2D eigenvalue weighted by Crippen LogP contribution is -2.47. The number of halogens is 4. The van der Waals surface area contributed by atoms with Crippen LogP contribution in [0.5, 0.6) is 0 Å². The van der Waals surface area contributed by atoms with Crippen LogP contribution in [0.3, 0.4) is 0 Å². The van der Waals surface area contributed by atoms with Gasteiger partial charge < -0.3 is 20.9 Å². The molecule has 10 heteroatoms. The van der Waals surface area contributed by atoms with E-state index in [4.69, 9.17) is 23.2 Å². The number of benzene rings is 2. The Labute approximate surface area is 238 Å². The van der Waals surface area contributed by atoms with Crippen molar-refractivity contribution in [2.75, 3.05) is 38.0 Å². The molecule has 2 aromatic carbocycles. The maximum absolute atomic E-state index is 15.3. The van der Waals surface area contributed by atoms with E-state index in [0.29, 0.717) is 29.8 Å². The van der Waals surface area contributed by atoms with Gasteiger partial charge in [0, 0.05) is 31.2 Å². The van der Waals surface area contributed by atoms with Gasteiger partial charge in [-0.1, -0.05) is 63.0 Å². The molecule has 0 aromatic heterocycles. The van der Waals surface area contributed by atoms with Gasteiger partial charge in [-0.2, -0.15) is 0 Å². The molecule has 3 aliphatic heterocycles. The third-order valence-corrected chi connectivity index (χ3v) is 7.77. The Morgan fingerprint density at radius 1 is 1.13 bits per heavy atom. The second-order valence-corrected chi connectivity index (χ2v) is 12.9. The number of likely N-dealkylation sites (tertiary alicyclic amines) is 1. The van der Waals surface area contributed by atoms with E-state index >= 15 is 4.39 Å². The molecule has 5 rings (SSSR count). The predicted molar refractivity (Wildman–Crippen MR) is 151 cm³/mol. The Hall–Kier alpha value is -2.26. The van der Waals surface area contributed by atoms with Crippen LogP contribution in [-0.2, 0) is 15.0 Å². The molecule has 6 nitrogen and oxygen atoms in total. The summed E-state index contributed by atoms with van der Waals surface area (Å²) in [6.07, 6.45) is 2.29. The molecule has 212 valence electrons. The van der Waals surface area contributed by atoms with Crippen molar-refractivity contribution in [1.29, 1.82) is 0 Å². The van der Waals surface area contributed by atoms with Gasteiger partial charge in [-0.05, 0) is 60.7 Å². The largest absolute Gasteiger partial charge is 0.353 e. The van der Waals surface area contributed by atoms with Crippen molar-refractivity contribution in [3.63, 3.8) is 0 Å². The Balaban J connectivity index is 0.000000648. The normalized spacial score (nSPS) is 24.4. The first kappa shape index (κ1) is 29.7. The van der Waals surface area contributed by atoms with Gasteiger partial charge in [-0.15, -0.1) is 0 Å². The minimum Gasteiger partial charge on any atom is -0.353 e. The maximum atomic E-state index is 15.3. The fourth-order valence-corrected chi connectivity index (χ4v) is 5.89. The van der Waals surface area contributed by atoms with Gasteiger partial charge in [0.1, 0.15) is 11.6 Å². The molecule has 3 aliphatic rings. The predicted octanol–water partition coefficient (Wildman–Crippen LogP) is 5.48. The number of carbonyl (C=O) groups is 2. The van der Waals surface area contributed by atoms with Gasteiger partial charge in [0.15, 0.2) is 0 Å². The van der Waals surface area contributed by atoms with E-state index in [1.54, 1.807) is 6.07 Å². The molecule has 3 atom stereocenters. The molecule has 2 fully saturated rings. The van der Waals surface area contributed by atoms with E-state index in [1.165, 1.54) is 24.3 Å². The zero-order valence-electron chi connectivity index (χ0n) is 22.8. The fourth-order valence-electron chi connectivity index (χ4n) is 5.55. The topological polar surface area (TPSA) is 73.5 Å². The second kappa shape index (κ2) is 11.7. The van der Waals surface area contributed by atoms with Crippen LogP contribution in [0.2, 0.25) is 10.0 Å². The van der Waals surface area contributed by atoms with Gasteiger partial charge in [-0.3, -0.25) is 9.59 Å². The molecule has 0 radical (unpaired) electrons. The summed E-state index contributed by atoms with van der Waals surface area (Å²) < 4.78 is 29.8. The number of fused-ring (bicyclic) bond motifs is 2. The summed E-state index contributed by atoms with van der Waals surface area (Å²) in [4.78, 5) is 29.0. The van der Waals surface area contributed by atoms with Crippen LogP contribution in [0, 0.1) is 17.0 Å². The molecule has 2 amide bonds. The number of anilines is 1. The van der Waals surface area contributed by atoms with Crippen LogP contribution in [-0.4, -0.2) is 55.5 Å². The van der Waals surface area contributed by atoms with Crippen molar-refractivity contribution >= 4 is 40.7 Å². The lowest BCUT2D eigenvalue weighted by atomic mass is 9.68. The second-order valence-electron chi connectivity index (χ2n) is 12.1. The number of carbonyl (C=O) groups excluding carboxylic acids is 2. The summed E-state index contributed by atoms with van der Waals surface area (Å²) in [5, 5.41) is 8.54. The Bertz CT molecular complexity index is 1240. The monoisotopic (exact) mass is 580 g/mol. The third kappa shape index (κ3) is 6.24. The van der Waals surface area contributed by atoms with E-state index in [2.05, 4.69) is 48.5 Å². The summed E-state index contributed by atoms with van der Waals surface area (Å²) in [5.41, 5.74) is -0.108. The number of nitrogens with one attached hydrogen (secondary N) is 3. The van der Waals surface area contributed by atoms with Crippen molar-refractivity contribution in [3.8, 4) is 0 Å². The van der Waals surface area contributed by atoms with Crippen LogP contribution in [0.4, 0.5) is 14.5 Å². The molecular weight excluding hydrogens is 545 g/mol. The third-order valence-electron chi connectivity index (χ3n) is 7.18. The van der Waals surface area contributed by atoms with Crippen LogP contribution < -0.4 is 16.0 Å². The van der Waals surface area contributed by atoms with Gasteiger partial charge in [-0.25, -0.2) is 8.78 Å². The van der Waals surface area contributed by atoms with Gasteiger partial charge in [0.05, 0.1) is 21.5 Å². The lowest BCUT2D eigenvalue weighted by Gasteiger charge is -2.32. The molecule has 0 bridgehead atoms. The maximum Gasteiger partial charge on any atom is 0.237 e. The first-order chi connectivity index (χ1) is 18.3. The molecule has 39 heavy (non-hydrogen) atoms.